The van der Waals surface area contributed by atoms with Gasteiger partial charge >= 0.3 is 50.5 Å². The molecule has 0 spiro atoms. The Bertz CT molecular complexity index is 1940. The summed E-state index contributed by atoms with van der Waals surface area (Å²) in [5, 5.41) is 2.74. The minimum Gasteiger partial charge on any atom is -0.514 e. The number of rotatable bonds is 2. The van der Waals surface area contributed by atoms with Crippen LogP contribution in [0.4, 0.5) is 52.7 Å². The average molecular weight is 915 g/mol. The Morgan fingerprint density at radius 1 is 0.472 bits per heavy atom. The number of allylic oxidation sites excluding steroid dienone is 1. The van der Waals surface area contributed by atoms with Gasteiger partial charge in [-0.3, -0.25) is 5.57 Å². The molecule has 0 nitrogen and oxygen atoms in total. The van der Waals surface area contributed by atoms with Crippen molar-refractivity contribution in [3.8, 4) is 22.3 Å². The van der Waals surface area contributed by atoms with Crippen LogP contribution in [0.25, 0.3) is 43.8 Å². The van der Waals surface area contributed by atoms with Gasteiger partial charge in [0.15, 0.2) is 0 Å². The van der Waals surface area contributed by atoms with Crippen LogP contribution in [0.5, 0.6) is 0 Å². The number of hydrogen-bond donors (Lipinski definition) is 0. The standard InChI is InChI=1S/2C17H9F6.C5H7.CH3.Hf/c2*18-16(19,20)12-7-11(8-13(9-12)17(21,22)23)15-6-2-4-10-3-1-5-14(10)15;1-5-3-2-4-5;;/h2*1-9H;1H,2-4H2;1H3;/q4*-1;+4. The second kappa shape index (κ2) is 16.5. The van der Waals surface area contributed by atoms with Gasteiger partial charge in [-0.05, 0) is 47.5 Å². The summed E-state index contributed by atoms with van der Waals surface area (Å²) in [5.74, 6) is 0. The van der Waals surface area contributed by atoms with Crippen LogP contribution < -0.4 is 0 Å². The van der Waals surface area contributed by atoms with Crippen LogP contribution in [0, 0.1) is 14.0 Å². The molecule has 0 heterocycles. The molecule has 6 aromatic carbocycles. The van der Waals surface area contributed by atoms with Gasteiger partial charge in [0.05, 0.1) is 22.3 Å². The summed E-state index contributed by atoms with van der Waals surface area (Å²) >= 11 is 0. The molecule has 0 N–H and O–H groups in total. The summed E-state index contributed by atoms with van der Waals surface area (Å²) in [5.41, 5.74) is -3.61. The van der Waals surface area contributed by atoms with E-state index in [2.05, 4.69) is 0 Å². The largest absolute Gasteiger partial charge is 4.00 e. The molecule has 0 aliphatic heterocycles. The Hall–Kier alpha value is -4.13. The molecular weight excluding hydrogens is 887 g/mol. The van der Waals surface area contributed by atoms with Gasteiger partial charge in [0.2, 0.25) is 0 Å². The average Bonchev–Trinajstić information content (AvgIpc) is 3.72. The predicted octanol–water partition coefficient (Wildman–Crippen LogP) is 14.5. The normalized spacial score (nSPS) is 13.2. The number of fused-ring (bicyclic) bond motifs is 2. The molecule has 1 aliphatic rings. The number of benzene rings is 4. The molecule has 1 saturated carbocycles. The molecule has 1 aliphatic carbocycles. The molecule has 0 bridgehead atoms. The zero-order valence-electron chi connectivity index (χ0n) is 27.6. The van der Waals surface area contributed by atoms with E-state index in [-0.39, 0.29) is 56.5 Å². The summed E-state index contributed by atoms with van der Waals surface area (Å²) < 4.78 is 155. The molecule has 0 unspecified atom stereocenters. The zero-order valence-corrected chi connectivity index (χ0v) is 31.2. The second-order valence-electron chi connectivity index (χ2n) is 11.8. The topological polar surface area (TPSA) is 0 Å². The van der Waals surface area contributed by atoms with Crippen molar-refractivity contribution in [1.82, 2.24) is 0 Å². The van der Waals surface area contributed by atoms with Gasteiger partial charge in [0.25, 0.3) is 0 Å². The number of alkyl halides is 12. The molecule has 0 amide bonds. The first-order chi connectivity index (χ1) is 23.7. The molecular formula is C40H28F12Hf. The van der Waals surface area contributed by atoms with E-state index in [0.29, 0.717) is 21.9 Å². The van der Waals surface area contributed by atoms with Gasteiger partial charge in [0.1, 0.15) is 0 Å². The van der Waals surface area contributed by atoms with E-state index in [9.17, 15) is 52.7 Å². The Morgan fingerprint density at radius 2 is 0.774 bits per heavy atom. The smallest absolute Gasteiger partial charge is 0.514 e. The third-order valence-corrected chi connectivity index (χ3v) is 8.15. The van der Waals surface area contributed by atoms with Gasteiger partial charge in [-0.15, -0.1) is 57.9 Å². The van der Waals surface area contributed by atoms with Crippen LogP contribution in [0.15, 0.2) is 115 Å². The van der Waals surface area contributed by atoms with Crippen molar-refractivity contribution in [3.05, 3.63) is 151 Å². The van der Waals surface area contributed by atoms with Gasteiger partial charge in [-0.25, -0.2) is 0 Å². The fourth-order valence-electron chi connectivity index (χ4n) is 5.43. The summed E-state index contributed by atoms with van der Waals surface area (Å²) in [6, 6.07) is 23.2. The number of hydrogen-bond acceptors (Lipinski definition) is 0. The maximum atomic E-state index is 12.9. The van der Waals surface area contributed by atoms with E-state index >= 15 is 0 Å². The van der Waals surface area contributed by atoms with Crippen LogP contribution in [0.3, 0.4) is 0 Å². The fraction of sp³-hybridized carbons (Fsp3) is 0.175. The molecule has 0 atom stereocenters. The number of halogens is 12. The third-order valence-electron chi connectivity index (χ3n) is 8.15. The Balaban J connectivity index is 0.000000243. The van der Waals surface area contributed by atoms with Crippen molar-refractivity contribution >= 4 is 21.5 Å². The van der Waals surface area contributed by atoms with E-state index in [1.165, 1.54) is 37.0 Å². The summed E-state index contributed by atoms with van der Waals surface area (Å²) in [6.07, 6.45) is -15.7. The van der Waals surface area contributed by atoms with Crippen molar-refractivity contribution in [2.75, 3.05) is 0 Å². The first kappa shape index (κ1) is 43.3. The molecule has 6 aromatic rings. The molecule has 276 valence electrons. The molecule has 1 fully saturated rings. The molecule has 13 heteroatoms. The van der Waals surface area contributed by atoms with E-state index < -0.39 is 47.0 Å². The van der Waals surface area contributed by atoms with Crippen molar-refractivity contribution in [2.24, 2.45) is 0 Å². The van der Waals surface area contributed by atoms with Gasteiger partial charge < -0.3 is 14.0 Å². The van der Waals surface area contributed by atoms with E-state index in [4.69, 9.17) is 6.58 Å². The van der Waals surface area contributed by atoms with Crippen LogP contribution in [-0.4, -0.2) is 0 Å². The van der Waals surface area contributed by atoms with Gasteiger partial charge in [-0.2, -0.15) is 77.0 Å². The monoisotopic (exact) mass is 916 g/mol. The van der Waals surface area contributed by atoms with Crippen LogP contribution in [0.1, 0.15) is 41.5 Å². The van der Waals surface area contributed by atoms with Crippen LogP contribution in [0.2, 0.25) is 0 Å². The molecule has 0 radical (unpaired) electrons. The first-order valence-electron chi connectivity index (χ1n) is 15.2. The Kier molecular flexibility index (Phi) is 13.5. The maximum Gasteiger partial charge on any atom is 4.00 e. The summed E-state index contributed by atoms with van der Waals surface area (Å²) in [6.45, 7) is 5.30. The van der Waals surface area contributed by atoms with Gasteiger partial charge in [0, 0.05) is 0 Å². The van der Waals surface area contributed by atoms with Crippen LogP contribution in [-0.2, 0) is 50.5 Å². The third kappa shape index (κ3) is 10.5. The minimum absolute atomic E-state index is 0. The first-order valence-corrected chi connectivity index (χ1v) is 15.2. The quantitative estimate of drug-likeness (QED) is 0.0922. The molecule has 53 heavy (non-hydrogen) atoms. The summed E-state index contributed by atoms with van der Waals surface area (Å²) in [4.78, 5) is 0. The molecule has 0 aromatic heterocycles. The maximum absolute atomic E-state index is 12.9. The Labute approximate surface area is 316 Å². The van der Waals surface area contributed by atoms with E-state index in [1.807, 2.05) is 0 Å². The molecule has 0 saturated heterocycles. The SMILES string of the molecule is FC(F)(F)c1cc(-c2cccc3[cH-]ccc23)cc(C(F)(F)F)c1.FC(F)(F)c1cc(-c2cccc3[cH-]ccc23)cc(C(F)(F)F)c1.[CH-]=C1CCC1.[CH3-].[Hf+4]. The van der Waals surface area contributed by atoms with E-state index in [1.54, 1.807) is 60.7 Å². The van der Waals surface area contributed by atoms with Crippen molar-refractivity contribution < 1.29 is 78.5 Å². The second-order valence-corrected chi connectivity index (χ2v) is 11.8. The predicted molar refractivity (Wildman–Crippen MR) is 178 cm³/mol. The molecule has 7 rings (SSSR count). The Morgan fingerprint density at radius 3 is 1.02 bits per heavy atom. The van der Waals surface area contributed by atoms with Crippen molar-refractivity contribution in [3.63, 3.8) is 0 Å². The van der Waals surface area contributed by atoms with E-state index in [0.717, 1.165) is 35.0 Å². The fourth-order valence-corrected chi connectivity index (χ4v) is 5.43. The summed E-state index contributed by atoms with van der Waals surface area (Å²) in [7, 11) is 0. The van der Waals surface area contributed by atoms with Crippen molar-refractivity contribution in [2.45, 2.75) is 44.0 Å². The van der Waals surface area contributed by atoms with Gasteiger partial charge in [-0.1, -0.05) is 42.5 Å². The zero-order chi connectivity index (χ0) is 37.4. The van der Waals surface area contributed by atoms with Crippen LogP contribution >= 0.6 is 0 Å². The minimum atomic E-state index is -4.85. The van der Waals surface area contributed by atoms with Crippen molar-refractivity contribution in [1.29, 1.82) is 0 Å².